The molecule has 3 heteroatoms. The van der Waals surface area contributed by atoms with E-state index >= 15 is 0 Å². The van der Waals surface area contributed by atoms with Crippen molar-refractivity contribution >= 4 is 11.5 Å². The number of anilines is 1. The first-order valence-corrected chi connectivity index (χ1v) is 5.93. The van der Waals surface area contributed by atoms with Crippen molar-refractivity contribution in [3.63, 3.8) is 0 Å². The third-order valence-corrected chi connectivity index (χ3v) is 2.79. The van der Waals surface area contributed by atoms with Crippen LogP contribution in [-0.4, -0.2) is 12.0 Å². The summed E-state index contributed by atoms with van der Waals surface area (Å²) in [4.78, 5) is 13.9. The van der Waals surface area contributed by atoms with Crippen LogP contribution in [0.4, 0.5) is 5.69 Å². The Morgan fingerprint density at radius 1 is 1.35 bits per heavy atom. The highest BCUT2D eigenvalue weighted by atomic mass is 16.5. The van der Waals surface area contributed by atoms with E-state index in [1.165, 1.54) is 0 Å². The van der Waals surface area contributed by atoms with E-state index in [0.717, 1.165) is 17.8 Å². The van der Waals surface area contributed by atoms with Gasteiger partial charge < -0.3 is 9.64 Å². The number of ether oxygens (including phenoxy) is 1. The molecule has 1 unspecified atom stereocenters. The fourth-order valence-corrected chi connectivity index (χ4v) is 1.98. The van der Waals surface area contributed by atoms with Crippen LogP contribution in [0.5, 0.6) is 0 Å². The summed E-state index contributed by atoms with van der Waals surface area (Å²) < 4.78 is 5.46. The standard InChI is InChI=1S/C14H17NO2/c1-3-7-13(16)14-15(11(2)10-17-14)12-8-5-4-6-9-12/h4-6,8-10,14H,3,7H2,1-2H3. The number of hydrogen-bond acceptors (Lipinski definition) is 3. The highest BCUT2D eigenvalue weighted by Crippen LogP contribution is 2.28. The Morgan fingerprint density at radius 2 is 2.06 bits per heavy atom. The summed E-state index contributed by atoms with van der Waals surface area (Å²) in [6, 6.07) is 9.85. The van der Waals surface area contributed by atoms with Crippen molar-refractivity contribution in [1.29, 1.82) is 0 Å². The van der Waals surface area contributed by atoms with Crippen LogP contribution < -0.4 is 4.90 Å². The maximum Gasteiger partial charge on any atom is 0.235 e. The van der Waals surface area contributed by atoms with Gasteiger partial charge in [-0.2, -0.15) is 0 Å². The van der Waals surface area contributed by atoms with Gasteiger partial charge in [-0.1, -0.05) is 25.1 Å². The van der Waals surface area contributed by atoms with Crippen LogP contribution in [0.3, 0.4) is 0 Å². The molecule has 0 aromatic heterocycles. The first-order chi connectivity index (χ1) is 8.24. The minimum absolute atomic E-state index is 0.129. The lowest BCUT2D eigenvalue weighted by Crippen LogP contribution is -2.37. The van der Waals surface area contributed by atoms with Crippen LogP contribution in [0, 0.1) is 0 Å². The lowest BCUT2D eigenvalue weighted by molar-refractivity contribution is -0.126. The van der Waals surface area contributed by atoms with E-state index in [4.69, 9.17) is 4.74 Å². The van der Waals surface area contributed by atoms with Crippen molar-refractivity contribution in [3.8, 4) is 0 Å². The molecular weight excluding hydrogens is 214 g/mol. The molecule has 0 aliphatic carbocycles. The highest BCUT2D eigenvalue weighted by Gasteiger charge is 2.31. The van der Waals surface area contributed by atoms with Gasteiger partial charge in [0.25, 0.3) is 0 Å². The number of rotatable bonds is 4. The molecule has 0 saturated carbocycles. The Morgan fingerprint density at radius 3 is 2.71 bits per heavy atom. The Bertz CT molecular complexity index is 425. The molecule has 1 atom stereocenters. The average Bonchev–Trinajstić information content (AvgIpc) is 2.73. The molecule has 0 spiro atoms. The third kappa shape index (κ3) is 2.33. The minimum atomic E-state index is -0.489. The van der Waals surface area contributed by atoms with Gasteiger partial charge in [0.15, 0.2) is 5.78 Å². The molecule has 17 heavy (non-hydrogen) atoms. The lowest BCUT2D eigenvalue weighted by atomic mass is 10.2. The van der Waals surface area contributed by atoms with Gasteiger partial charge in [0.1, 0.15) is 6.26 Å². The number of ketones is 1. The molecule has 0 fully saturated rings. The van der Waals surface area contributed by atoms with Crippen LogP contribution in [0.1, 0.15) is 26.7 Å². The first-order valence-electron chi connectivity index (χ1n) is 5.93. The number of allylic oxidation sites excluding steroid dienone is 1. The number of benzene rings is 1. The quantitative estimate of drug-likeness (QED) is 0.797. The second kappa shape index (κ2) is 5.04. The zero-order valence-electron chi connectivity index (χ0n) is 10.2. The summed E-state index contributed by atoms with van der Waals surface area (Å²) >= 11 is 0. The fraction of sp³-hybridized carbons (Fsp3) is 0.357. The van der Waals surface area contributed by atoms with Crippen LogP contribution in [-0.2, 0) is 9.53 Å². The summed E-state index contributed by atoms with van der Waals surface area (Å²) in [5.74, 6) is 0.129. The molecule has 1 heterocycles. The van der Waals surface area contributed by atoms with E-state index in [-0.39, 0.29) is 5.78 Å². The number of carbonyl (C=O) groups excluding carboxylic acids is 1. The number of nitrogens with zero attached hydrogens (tertiary/aromatic N) is 1. The SMILES string of the molecule is CCCC(=O)C1OC=C(C)N1c1ccccc1. The van der Waals surface area contributed by atoms with Crippen LogP contribution in [0.15, 0.2) is 42.3 Å². The summed E-state index contributed by atoms with van der Waals surface area (Å²) in [5.41, 5.74) is 1.96. The largest absolute Gasteiger partial charge is 0.469 e. The van der Waals surface area contributed by atoms with Gasteiger partial charge in [-0.25, -0.2) is 0 Å². The molecule has 0 N–H and O–H groups in total. The third-order valence-electron chi connectivity index (χ3n) is 2.79. The van der Waals surface area contributed by atoms with Crippen molar-refractivity contribution in [3.05, 3.63) is 42.3 Å². The number of carbonyl (C=O) groups is 1. The number of hydrogen-bond donors (Lipinski definition) is 0. The van der Waals surface area contributed by atoms with Gasteiger partial charge in [-0.3, -0.25) is 4.79 Å². The molecule has 2 rings (SSSR count). The molecule has 0 saturated heterocycles. The van der Waals surface area contributed by atoms with E-state index in [0.29, 0.717) is 6.42 Å². The van der Waals surface area contributed by atoms with Crippen molar-refractivity contribution in [2.45, 2.75) is 32.9 Å². The maximum atomic E-state index is 12.0. The van der Waals surface area contributed by atoms with Gasteiger partial charge in [-0.15, -0.1) is 0 Å². The van der Waals surface area contributed by atoms with E-state index in [9.17, 15) is 4.79 Å². The second-order valence-electron chi connectivity index (χ2n) is 4.17. The molecule has 0 bridgehead atoms. The van der Waals surface area contributed by atoms with Gasteiger partial charge in [0.05, 0.1) is 5.70 Å². The number of Topliss-reactive ketones (excluding diaryl/α,β-unsaturated/α-hetero) is 1. The van der Waals surface area contributed by atoms with E-state index in [2.05, 4.69) is 0 Å². The molecule has 1 aliphatic rings. The molecule has 1 aliphatic heterocycles. The molecule has 0 radical (unpaired) electrons. The van der Waals surface area contributed by atoms with Gasteiger partial charge in [-0.05, 0) is 25.5 Å². The van der Waals surface area contributed by atoms with E-state index < -0.39 is 6.23 Å². The first kappa shape index (κ1) is 11.7. The van der Waals surface area contributed by atoms with Crippen molar-refractivity contribution in [2.75, 3.05) is 4.90 Å². The monoisotopic (exact) mass is 231 g/mol. The smallest absolute Gasteiger partial charge is 0.235 e. The van der Waals surface area contributed by atoms with Crippen molar-refractivity contribution < 1.29 is 9.53 Å². The molecule has 90 valence electrons. The predicted molar refractivity (Wildman–Crippen MR) is 67.5 cm³/mol. The highest BCUT2D eigenvalue weighted by molar-refractivity contribution is 5.87. The fourth-order valence-electron chi connectivity index (χ4n) is 1.98. The second-order valence-corrected chi connectivity index (χ2v) is 4.17. The number of para-hydroxylation sites is 1. The van der Waals surface area contributed by atoms with Crippen LogP contribution in [0.2, 0.25) is 0 Å². The molecule has 1 aromatic carbocycles. The Kier molecular flexibility index (Phi) is 3.47. The molecule has 3 nitrogen and oxygen atoms in total. The zero-order chi connectivity index (χ0) is 12.3. The van der Waals surface area contributed by atoms with Gasteiger partial charge in [0, 0.05) is 12.1 Å². The van der Waals surface area contributed by atoms with Gasteiger partial charge in [0.2, 0.25) is 6.23 Å². The maximum absolute atomic E-state index is 12.0. The summed E-state index contributed by atoms with van der Waals surface area (Å²) in [7, 11) is 0. The average molecular weight is 231 g/mol. The van der Waals surface area contributed by atoms with Crippen molar-refractivity contribution in [2.24, 2.45) is 0 Å². The van der Waals surface area contributed by atoms with Crippen LogP contribution in [0.25, 0.3) is 0 Å². The van der Waals surface area contributed by atoms with E-state index in [1.807, 2.05) is 49.1 Å². The zero-order valence-corrected chi connectivity index (χ0v) is 10.2. The lowest BCUT2D eigenvalue weighted by Gasteiger charge is -2.25. The summed E-state index contributed by atoms with van der Waals surface area (Å²) in [6.07, 6.45) is 2.57. The van der Waals surface area contributed by atoms with Gasteiger partial charge >= 0.3 is 0 Å². The summed E-state index contributed by atoms with van der Waals surface area (Å²) in [6.45, 7) is 3.95. The molecule has 1 aromatic rings. The molecular formula is C14H17NO2. The Hall–Kier alpha value is -1.77. The molecule has 0 amide bonds. The minimum Gasteiger partial charge on any atom is -0.469 e. The summed E-state index contributed by atoms with van der Waals surface area (Å²) in [5, 5.41) is 0. The topological polar surface area (TPSA) is 29.5 Å². The normalized spacial score (nSPS) is 18.8. The Balaban J connectivity index is 2.23. The van der Waals surface area contributed by atoms with Crippen LogP contribution >= 0.6 is 0 Å². The Labute approximate surface area is 102 Å². The van der Waals surface area contributed by atoms with Crippen molar-refractivity contribution in [1.82, 2.24) is 0 Å². The predicted octanol–water partition coefficient (Wildman–Crippen LogP) is 3.08. The van der Waals surface area contributed by atoms with E-state index in [1.54, 1.807) is 6.26 Å².